The van der Waals surface area contributed by atoms with E-state index in [9.17, 15) is 27.9 Å². The van der Waals surface area contributed by atoms with Crippen LogP contribution in [-0.2, 0) is 11.3 Å². The van der Waals surface area contributed by atoms with Gasteiger partial charge in [-0.3, -0.25) is 14.5 Å². The zero-order chi connectivity index (χ0) is 30.1. The van der Waals surface area contributed by atoms with Crippen molar-refractivity contribution < 1.29 is 27.9 Å². The molecular weight excluding hydrogens is 563 g/mol. The number of alkyl halides is 1. The number of aromatic nitrogens is 3. The molecule has 3 N–H and O–H groups in total. The van der Waals surface area contributed by atoms with Crippen LogP contribution in [0.3, 0.4) is 0 Å². The summed E-state index contributed by atoms with van der Waals surface area (Å²) < 4.78 is 44.5. The zero-order valence-corrected chi connectivity index (χ0v) is 23.1. The molecule has 13 heteroatoms. The van der Waals surface area contributed by atoms with Gasteiger partial charge >= 0.3 is 0 Å². The van der Waals surface area contributed by atoms with E-state index >= 15 is 0 Å². The van der Waals surface area contributed by atoms with Crippen molar-refractivity contribution in [2.24, 2.45) is 0 Å². The van der Waals surface area contributed by atoms with E-state index in [0.29, 0.717) is 31.1 Å². The number of fused-ring (bicyclic) bond motifs is 1. The van der Waals surface area contributed by atoms with Crippen LogP contribution in [0.15, 0.2) is 60.9 Å². The highest BCUT2D eigenvalue weighted by molar-refractivity contribution is 6.08. The minimum atomic E-state index is -1.27. The second-order valence-electron chi connectivity index (χ2n) is 10.7. The fourth-order valence-electron chi connectivity index (χ4n) is 5.77. The fourth-order valence-corrected chi connectivity index (χ4v) is 5.77. The first-order valence-electron chi connectivity index (χ1n) is 14.0. The van der Waals surface area contributed by atoms with Crippen molar-refractivity contribution in [3.05, 3.63) is 89.2 Å². The van der Waals surface area contributed by atoms with E-state index in [4.69, 9.17) is 0 Å². The number of nitrogens with zero attached hydrogens (tertiary/aromatic N) is 5. The van der Waals surface area contributed by atoms with E-state index in [1.54, 1.807) is 29.3 Å². The lowest BCUT2D eigenvalue weighted by molar-refractivity contribution is -0.127. The molecule has 2 aromatic heterocycles. The summed E-state index contributed by atoms with van der Waals surface area (Å²) in [5.41, 5.74) is 1.93. The number of anilines is 2. The van der Waals surface area contributed by atoms with Crippen LogP contribution < -0.4 is 15.5 Å². The SMILES string of the molecule is O=C(Nc1ccc(CN2CCNCC2C(=O)CO)cc1)c1cnn2ccc(N3C[C@@H](F)C[C@@H]3c3cc(F)ccc3F)nc12. The highest BCUT2D eigenvalue weighted by Gasteiger charge is 2.36. The number of aliphatic hydroxyl groups is 1. The molecule has 1 unspecified atom stereocenters. The smallest absolute Gasteiger partial charge is 0.261 e. The third-order valence-electron chi connectivity index (χ3n) is 7.94. The quantitative estimate of drug-likeness (QED) is 0.286. The van der Waals surface area contributed by atoms with Crippen molar-refractivity contribution in [3.63, 3.8) is 0 Å². The standard InChI is InChI=1S/C30H30F3N7O3/c31-19-3-6-24(33)22(11-19)25-12-20(32)16-39(25)28-7-9-40-29(37-28)23(13-35-40)30(43)36-21-4-1-18(2-5-21)15-38-10-8-34-14-26(38)27(42)17-41/h1-7,9,11,13,20,25-26,34,41H,8,10,12,14-17H2,(H,36,43)/t20-,25+,26?/m0/s1. The third kappa shape index (κ3) is 5.96. The highest BCUT2D eigenvalue weighted by Crippen LogP contribution is 2.38. The number of halogens is 3. The van der Waals surface area contributed by atoms with Gasteiger partial charge in [-0.15, -0.1) is 0 Å². The van der Waals surface area contributed by atoms with Gasteiger partial charge in [0.05, 0.1) is 24.8 Å². The van der Waals surface area contributed by atoms with Crippen LogP contribution in [0.25, 0.3) is 5.65 Å². The Morgan fingerprint density at radius 2 is 1.93 bits per heavy atom. The van der Waals surface area contributed by atoms with Crippen molar-refractivity contribution in [1.29, 1.82) is 0 Å². The van der Waals surface area contributed by atoms with E-state index in [1.807, 2.05) is 17.0 Å². The van der Waals surface area contributed by atoms with Crippen LogP contribution in [0.5, 0.6) is 0 Å². The lowest BCUT2D eigenvalue weighted by atomic mass is 10.0. The number of hydrogen-bond donors (Lipinski definition) is 3. The zero-order valence-electron chi connectivity index (χ0n) is 23.1. The normalized spacial score (nSPS) is 20.9. The summed E-state index contributed by atoms with van der Waals surface area (Å²) in [6.45, 7) is 1.84. The minimum Gasteiger partial charge on any atom is -0.389 e. The molecule has 0 aliphatic carbocycles. The van der Waals surface area contributed by atoms with E-state index in [-0.39, 0.29) is 35.5 Å². The average molecular weight is 594 g/mol. The number of ketones is 1. The molecule has 224 valence electrons. The molecule has 0 spiro atoms. The van der Waals surface area contributed by atoms with Crippen LogP contribution in [0.2, 0.25) is 0 Å². The van der Waals surface area contributed by atoms with E-state index in [1.165, 1.54) is 10.7 Å². The molecule has 0 bridgehead atoms. The molecule has 2 saturated heterocycles. The molecule has 6 rings (SSSR count). The Hall–Kier alpha value is -4.33. The number of Topliss-reactive ketones (excluding diaryl/α,β-unsaturated/α-hetero) is 1. The van der Waals surface area contributed by atoms with Gasteiger partial charge < -0.3 is 20.6 Å². The molecule has 4 heterocycles. The number of aliphatic hydroxyl groups excluding tert-OH is 1. The van der Waals surface area contributed by atoms with Gasteiger partial charge in [-0.25, -0.2) is 22.7 Å². The summed E-state index contributed by atoms with van der Waals surface area (Å²) in [4.78, 5) is 33.5. The minimum absolute atomic E-state index is 0.0249. The van der Waals surface area contributed by atoms with Gasteiger partial charge in [0.25, 0.3) is 5.91 Å². The Bertz CT molecular complexity index is 1650. The monoisotopic (exact) mass is 593 g/mol. The van der Waals surface area contributed by atoms with Gasteiger partial charge in [-0.1, -0.05) is 12.1 Å². The molecule has 2 aliphatic rings. The number of carbonyl (C=O) groups is 2. The first kappa shape index (κ1) is 28.8. The van der Waals surface area contributed by atoms with E-state index < -0.39 is 42.4 Å². The Kier molecular flexibility index (Phi) is 8.10. The van der Waals surface area contributed by atoms with Crippen molar-refractivity contribution in [2.45, 2.75) is 31.2 Å². The maximum absolute atomic E-state index is 14.6. The lowest BCUT2D eigenvalue weighted by Gasteiger charge is -2.34. The average Bonchev–Trinajstić information content (AvgIpc) is 3.62. The number of rotatable bonds is 8. The first-order chi connectivity index (χ1) is 20.8. The van der Waals surface area contributed by atoms with Crippen molar-refractivity contribution in [3.8, 4) is 0 Å². The molecule has 2 aliphatic heterocycles. The molecule has 2 aromatic carbocycles. The number of hydrogen-bond acceptors (Lipinski definition) is 8. The van der Waals surface area contributed by atoms with Gasteiger partial charge in [0.15, 0.2) is 11.4 Å². The van der Waals surface area contributed by atoms with Gasteiger partial charge in [-0.2, -0.15) is 5.10 Å². The highest BCUT2D eigenvalue weighted by atomic mass is 19.1. The number of amides is 1. The Balaban J connectivity index is 1.19. The van der Waals surface area contributed by atoms with Gasteiger partial charge in [0.2, 0.25) is 0 Å². The summed E-state index contributed by atoms with van der Waals surface area (Å²) in [6, 6.07) is 10.8. The molecule has 3 atom stereocenters. The Morgan fingerprint density at radius 1 is 1.12 bits per heavy atom. The molecule has 10 nitrogen and oxygen atoms in total. The molecule has 4 aromatic rings. The van der Waals surface area contributed by atoms with Crippen LogP contribution in [0.4, 0.5) is 24.7 Å². The van der Waals surface area contributed by atoms with E-state index in [0.717, 1.165) is 30.3 Å². The molecule has 0 saturated carbocycles. The molecule has 0 radical (unpaired) electrons. The van der Waals surface area contributed by atoms with Crippen molar-refractivity contribution in [2.75, 3.05) is 43.0 Å². The van der Waals surface area contributed by atoms with E-state index in [2.05, 4.69) is 20.7 Å². The lowest BCUT2D eigenvalue weighted by Crippen LogP contribution is -2.55. The molecule has 43 heavy (non-hydrogen) atoms. The topological polar surface area (TPSA) is 115 Å². The maximum atomic E-state index is 14.6. The Labute approximate surface area is 245 Å². The number of carbonyl (C=O) groups excluding carboxylic acids is 2. The predicted octanol–water partition coefficient (Wildman–Crippen LogP) is 2.88. The first-order valence-corrected chi connectivity index (χ1v) is 14.0. The summed E-state index contributed by atoms with van der Waals surface area (Å²) >= 11 is 0. The number of piperazine rings is 1. The largest absolute Gasteiger partial charge is 0.389 e. The van der Waals surface area contributed by atoms with Crippen molar-refractivity contribution >= 4 is 28.8 Å². The van der Waals surface area contributed by atoms with Gasteiger partial charge in [-0.05, 0) is 42.0 Å². The van der Waals surface area contributed by atoms with Crippen molar-refractivity contribution in [1.82, 2.24) is 24.8 Å². The number of nitrogens with one attached hydrogen (secondary N) is 2. The number of benzene rings is 2. The second-order valence-corrected chi connectivity index (χ2v) is 10.7. The molecule has 1 amide bonds. The summed E-state index contributed by atoms with van der Waals surface area (Å²) in [5.74, 6) is -1.62. The van der Waals surface area contributed by atoms with Crippen LogP contribution in [0, 0.1) is 11.6 Å². The third-order valence-corrected chi connectivity index (χ3v) is 7.94. The summed E-state index contributed by atoms with van der Waals surface area (Å²) in [7, 11) is 0. The fraction of sp³-hybridized carbons (Fsp3) is 0.333. The van der Waals surface area contributed by atoms with Gasteiger partial charge in [0.1, 0.15) is 35.8 Å². The second kappa shape index (κ2) is 12.1. The molecular formula is C30H30F3N7O3. The Morgan fingerprint density at radius 3 is 2.72 bits per heavy atom. The maximum Gasteiger partial charge on any atom is 0.261 e. The summed E-state index contributed by atoms with van der Waals surface area (Å²) in [6.07, 6.45) is 1.67. The van der Waals surface area contributed by atoms with Crippen LogP contribution >= 0.6 is 0 Å². The van der Waals surface area contributed by atoms with Gasteiger partial charge in [0, 0.05) is 50.0 Å². The molecule has 2 fully saturated rings. The summed E-state index contributed by atoms with van der Waals surface area (Å²) in [5, 5.41) is 19.5. The predicted molar refractivity (Wildman–Crippen MR) is 153 cm³/mol. The van der Waals surface area contributed by atoms with Crippen LogP contribution in [0.1, 0.15) is 33.9 Å². The van der Waals surface area contributed by atoms with Crippen LogP contribution in [-0.4, -0.2) is 81.3 Å².